The maximum Gasteiger partial charge on any atom is 0.234 e. The van der Waals surface area contributed by atoms with Crippen molar-refractivity contribution in [1.82, 2.24) is 9.80 Å². The fourth-order valence-corrected chi connectivity index (χ4v) is 4.28. The SMILES string of the molecule is CN1C(=O)[C@@H]2[C@@H](C1=O)[C@@H]1C(=O)C=C[C@@H]2N1Cc1ccc(Br)cc1. The van der Waals surface area contributed by atoms with Crippen LogP contribution in [0.15, 0.2) is 40.9 Å². The molecule has 4 rings (SSSR count). The van der Waals surface area contributed by atoms with Gasteiger partial charge < -0.3 is 0 Å². The standard InChI is InChI=1S/C17H15BrN2O3/c1-19-16(22)13-11-6-7-12(21)15(14(13)17(19)23)20(11)8-9-2-4-10(18)5-3-9/h2-7,11,13-15H,8H2,1H3/t11-,13-,14+,15-/m0/s1. The van der Waals surface area contributed by atoms with Gasteiger partial charge in [-0.05, 0) is 23.8 Å². The smallest absolute Gasteiger partial charge is 0.234 e. The van der Waals surface area contributed by atoms with Crippen LogP contribution in [0.5, 0.6) is 0 Å². The van der Waals surface area contributed by atoms with Crippen LogP contribution < -0.4 is 0 Å². The van der Waals surface area contributed by atoms with E-state index >= 15 is 0 Å². The Labute approximate surface area is 142 Å². The summed E-state index contributed by atoms with van der Waals surface area (Å²) in [7, 11) is 1.51. The van der Waals surface area contributed by atoms with Crippen molar-refractivity contribution in [3.63, 3.8) is 0 Å². The van der Waals surface area contributed by atoms with Crippen LogP contribution in [0.4, 0.5) is 0 Å². The number of imide groups is 1. The lowest BCUT2D eigenvalue weighted by molar-refractivity contribution is -0.141. The number of ketones is 1. The van der Waals surface area contributed by atoms with Crippen molar-refractivity contribution in [2.45, 2.75) is 18.6 Å². The highest BCUT2D eigenvalue weighted by atomic mass is 79.9. The number of fused-ring (bicyclic) bond motifs is 5. The van der Waals surface area contributed by atoms with Crippen LogP contribution in [-0.4, -0.2) is 46.5 Å². The Bertz CT molecular complexity index is 743. The maximum atomic E-state index is 12.4. The molecule has 0 unspecified atom stereocenters. The van der Waals surface area contributed by atoms with Gasteiger partial charge in [0.15, 0.2) is 5.78 Å². The zero-order chi connectivity index (χ0) is 16.3. The quantitative estimate of drug-likeness (QED) is 0.733. The van der Waals surface area contributed by atoms with E-state index in [0.29, 0.717) is 6.54 Å². The largest absolute Gasteiger partial charge is 0.293 e. The predicted octanol–water partition coefficient (Wildman–Crippen LogP) is 1.37. The summed E-state index contributed by atoms with van der Waals surface area (Å²) in [5.41, 5.74) is 1.06. The Kier molecular flexibility index (Phi) is 3.28. The molecule has 118 valence electrons. The van der Waals surface area contributed by atoms with Gasteiger partial charge in [0.25, 0.3) is 0 Å². The molecule has 23 heavy (non-hydrogen) atoms. The van der Waals surface area contributed by atoms with Crippen LogP contribution in [0.3, 0.4) is 0 Å². The number of rotatable bonds is 2. The van der Waals surface area contributed by atoms with Crippen molar-refractivity contribution in [3.8, 4) is 0 Å². The number of hydrogen-bond acceptors (Lipinski definition) is 4. The molecule has 4 atom stereocenters. The molecular weight excluding hydrogens is 360 g/mol. The van der Waals surface area contributed by atoms with Crippen molar-refractivity contribution in [2.24, 2.45) is 11.8 Å². The van der Waals surface area contributed by atoms with E-state index < -0.39 is 17.9 Å². The Hall–Kier alpha value is -1.79. The number of benzene rings is 1. The van der Waals surface area contributed by atoms with Gasteiger partial charge in [-0.3, -0.25) is 24.2 Å². The molecule has 0 aromatic heterocycles. The first-order chi connectivity index (χ1) is 11.0. The summed E-state index contributed by atoms with van der Waals surface area (Å²) in [6.45, 7) is 0.552. The number of nitrogens with zero attached hydrogens (tertiary/aromatic N) is 2. The average molecular weight is 375 g/mol. The second-order valence-corrected chi connectivity index (χ2v) is 7.20. The van der Waals surface area contributed by atoms with E-state index in [-0.39, 0.29) is 23.6 Å². The van der Waals surface area contributed by atoms with Gasteiger partial charge in [0, 0.05) is 24.1 Å². The fraction of sp³-hybridized carbons (Fsp3) is 0.353. The molecule has 3 heterocycles. The lowest BCUT2D eigenvalue weighted by Crippen LogP contribution is -2.48. The van der Waals surface area contributed by atoms with Gasteiger partial charge in [0.2, 0.25) is 11.8 Å². The normalized spacial score (nSPS) is 32.8. The summed E-state index contributed by atoms with van der Waals surface area (Å²) in [5, 5.41) is 0. The number of carbonyl (C=O) groups excluding carboxylic acids is 3. The van der Waals surface area contributed by atoms with E-state index in [1.165, 1.54) is 18.0 Å². The molecule has 3 aliphatic heterocycles. The lowest BCUT2D eigenvalue weighted by Gasteiger charge is -2.32. The topological polar surface area (TPSA) is 57.7 Å². The lowest BCUT2D eigenvalue weighted by atomic mass is 9.90. The van der Waals surface area contributed by atoms with Crippen molar-refractivity contribution < 1.29 is 14.4 Å². The molecule has 0 spiro atoms. The van der Waals surface area contributed by atoms with Crippen molar-refractivity contribution in [2.75, 3.05) is 7.05 Å². The van der Waals surface area contributed by atoms with Crippen LogP contribution in [0.1, 0.15) is 5.56 Å². The molecule has 0 aliphatic carbocycles. The van der Waals surface area contributed by atoms with Gasteiger partial charge in [0.1, 0.15) is 0 Å². The molecule has 5 nitrogen and oxygen atoms in total. The Balaban J connectivity index is 1.71. The molecule has 2 bridgehead atoms. The van der Waals surface area contributed by atoms with E-state index in [0.717, 1.165) is 10.0 Å². The Morgan fingerprint density at radius 1 is 1.04 bits per heavy atom. The molecule has 2 amide bonds. The highest BCUT2D eigenvalue weighted by molar-refractivity contribution is 9.10. The number of likely N-dealkylation sites (tertiary alicyclic amines) is 1. The van der Waals surface area contributed by atoms with Crippen molar-refractivity contribution >= 4 is 33.5 Å². The third-order valence-electron chi connectivity index (χ3n) is 5.09. The first-order valence-corrected chi connectivity index (χ1v) is 8.32. The van der Waals surface area contributed by atoms with E-state index in [2.05, 4.69) is 15.9 Å². The van der Waals surface area contributed by atoms with Crippen LogP contribution in [0.2, 0.25) is 0 Å². The third-order valence-corrected chi connectivity index (χ3v) is 5.62. The van der Waals surface area contributed by atoms with Gasteiger partial charge in [-0.15, -0.1) is 0 Å². The Morgan fingerprint density at radius 2 is 1.70 bits per heavy atom. The molecule has 1 aromatic rings. The van der Waals surface area contributed by atoms with E-state index in [1.54, 1.807) is 6.08 Å². The molecular formula is C17H15BrN2O3. The maximum absolute atomic E-state index is 12.4. The summed E-state index contributed by atoms with van der Waals surface area (Å²) in [6, 6.07) is 7.15. The highest BCUT2D eigenvalue weighted by Crippen LogP contribution is 2.45. The summed E-state index contributed by atoms with van der Waals surface area (Å²) in [4.78, 5) is 40.4. The van der Waals surface area contributed by atoms with Gasteiger partial charge in [0.05, 0.1) is 17.9 Å². The van der Waals surface area contributed by atoms with E-state index in [1.807, 2.05) is 29.2 Å². The number of hydrogen-bond donors (Lipinski definition) is 0. The van der Waals surface area contributed by atoms with Crippen molar-refractivity contribution in [3.05, 3.63) is 46.5 Å². The van der Waals surface area contributed by atoms with E-state index in [4.69, 9.17) is 0 Å². The molecule has 2 fully saturated rings. The second kappa shape index (κ2) is 5.11. The molecule has 0 N–H and O–H groups in total. The minimum absolute atomic E-state index is 0.0812. The minimum Gasteiger partial charge on any atom is -0.293 e. The van der Waals surface area contributed by atoms with Gasteiger partial charge in [-0.2, -0.15) is 0 Å². The number of halogens is 1. The zero-order valence-corrected chi connectivity index (χ0v) is 14.1. The molecule has 1 aromatic carbocycles. The molecule has 6 heteroatoms. The van der Waals surface area contributed by atoms with Crippen molar-refractivity contribution in [1.29, 1.82) is 0 Å². The van der Waals surface area contributed by atoms with Crippen LogP contribution in [0, 0.1) is 11.8 Å². The summed E-state index contributed by atoms with van der Waals surface area (Å²) < 4.78 is 0.989. The summed E-state index contributed by atoms with van der Waals surface area (Å²) >= 11 is 3.40. The highest BCUT2D eigenvalue weighted by Gasteiger charge is 2.63. The molecule has 0 radical (unpaired) electrons. The minimum atomic E-state index is -0.546. The molecule has 2 saturated heterocycles. The van der Waals surface area contributed by atoms with Gasteiger partial charge in [-0.25, -0.2) is 0 Å². The van der Waals surface area contributed by atoms with Gasteiger partial charge in [-0.1, -0.05) is 34.1 Å². The van der Waals surface area contributed by atoms with Crippen LogP contribution in [0.25, 0.3) is 0 Å². The van der Waals surface area contributed by atoms with Gasteiger partial charge >= 0.3 is 0 Å². The predicted molar refractivity (Wildman–Crippen MR) is 86.2 cm³/mol. The van der Waals surface area contributed by atoms with E-state index in [9.17, 15) is 14.4 Å². The molecule has 0 saturated carbocycles. The monoisotopic (exact) mass is 374 g/mol. The van der Waals surface area contributed by atoms with Crippen LogP contribution >= 0.6 is 15.9 Å². The summed E-state index contributed by atoms with van der Waals surface area (Å²) in [6.07, 6.45) is 3.32. The Morgan fingerprint density at radius 3 is 2.39 bits per heavy atom. The second-order valence-electron chi connectivity index (χ2n) is 6.28. The molecule has 3 aliphatic rings. The van der Waals surface area contributed by atoms with Crippen LogP contribution in [-0.2, 0) is 20.9 Å². The number of amides is 2. The first-order valence-electron chi connectivity index (χ1n) is 7.52. The fourth-order valence-electron chi connectivity index (χ4n) is 4.02. The number of carbonyl (C=O) groups is 3. The summed E-state index contributed by atoms with van der Waals surface area (Å²) in [5.74, 6) is -1.47. The first kappa shape index (κ1) is 14.8. The average Bonchev–Trinajstić information content (AvgIpc) is 2.89. The zero-order valence-electron chi connectivity index (χ0n) is 12.5. The third kappa shape index (κ3) is 2.05.